The van der Waals surface area contributed by atoms with E-state index >= 15 is 0 Å². The van der Waals surface area contributed by atoms with Gasteiger partial charge in [-0.05, 0) is 42.8 Å². The van der Waals surface area contributed by atoms with Crippen LogP contribution in [-0.2, 0) is 19.1 Å². The van der Waals surface area contributed by atoms with E-state index in [1.807, 2.05) is 12.1 Å². The number of benzene rings is 1. The van der Waals surface area contributed by atoms with Gasteiger partial charge in [-0.2, -0.15) is 0 Å². The number of esters is 1. The zero-order valence-corrected chi connectivity index (χ0v) is 17.7. The van der Waals surface area contributed by atoms with Gasteiger partial charge in [0.1, 0.15) is 18.2 Å². The predicted octanol–water partition coefficient (Wildman–Crippen LogP) is 1.88. The molecule has 0 spiro atoms. The summed E-state index contributed by atoms with van der Waals surface area (Å²) in [5.74, 6) is -0.423. The number of pyridine rings is 1. The van der Waals surface area contributed by atoms with Crippen LogP contribution < -0.4 is 15.4 Å². The van der Waals surface area contributed by atoms with Crippen LogP contribution in [0.15, 0.2) is 42.6 Å². The monoisotopic (exact) mass is 440 g/mol. The molecule has 3 N–H and O–H groups in total. The summed E-state index contributed by atoms with van der Waals surface area (Å²) in [5, 5.41) is 13.0. The summed E-state index contributed by atoms with van der Waals surface area (Å²) in [6.45, 7) is 0.297. The average molecular weight is 440 g/mol. The summed E-state index contributed by atoms with van der Waals surface area (Å²) in [5.41, 5.74) is 1.99. The van der Waals surface area contributed by atoms with Gasteiger partial charge in [0.2, 0.25) is 5.91 Å². The van der Waals surface area contributed by atoms with E-state index in [9.17, 15) is 14.4 Å². The molecule has 1 aromatic heterocycles. The normalized spacial score (nSPS) is 17.2. The molecular formula is C22H24N4O6. The molecule has 2 heterocycles. The molecule has 2 aromatic rings. The number of aromatic nitrogens is 1. The lowest BCUT2D eigenvalue weighted by Crippen LogP contribution is -2.31. The summed E-state index contributed by atoms with van der Waals surface area (Å²) in [6.07, 6.45) is 1.36. The first-order valence-corrected chi connectivity index (χ1v) is 9.90. The molecule has 0 aliphatic carbocycles. The number of amides is 2. The molecule has 32 heavy (non-hydrogen) atoms. The number of hydrogen-bond donors (Lipinski definition) is 3. The van der Waals surface area contributed by atoms with Crippen molar-refractivity contribution in [2.45, 2.75) is 18.9 Å². The van der Waals surface area contributed by atoms with Crippen molar-refractivity contribution in [2.75, 3.05) is 20.8 Å². The van der Waals surface area contributed by atoms with E-state index in [-0.39, 0.29) is 24.2 Å². The maximum Gasteiger partial charge on any atom is 0.412 e. The first-order chi connectivity index (χ1) is 15.4. The van der Waals surface area contributed by atoms with Crippen LogP contribution in [-0.4, -0.2) is 55.7 Å². The number of carbonyl (C=O) groups excluding carboxylic acids is 3. The summed E-state index contributed by atoms with van der Waals surface area (Å²) in [4.78, 5) is 38.9. The van der Waals surface area contributed by atoms with E-state index < -0.39 is 18.0 Å². The van der Waals surface area contributed by atoms with Crippen molar-refractivity contribution >= 4 is 23.8 Å². The molecule has 0 radical (unpaired) electrons. The van der Waals surface area contributed by atoms with Crippen LogP contribution in [0.1, 0.15) is 18.4 Å². The van der Waals surface area contributed by atoms with E-state index in [2.05, 4.69) is 25.1 Å². The molecule has 1 aromatic carbocycles. The third kappa shape index (κ3) is 5.81. The smallest absolute Gasteiger partial charge is 0.412 e. The standard InChI is InChI=1S/C22H24N4O6/c1-30-19(27)10-15-9-16(25-21(15)28)12-32-17-6-3-13(4-7-17)18-8-5-14(11-24-18)20(23)26-22(29)31-2/h3-8,11,15-16H,9-10,12H2,1-2H3,(H,25,28)(H2,23,26,29)/t15-,16-/m0/s1. The van der Waals surface area contributed by atoms with Crippen molar-refractivity contribution in [1.29, 1.82) is 5.41 Å². The Bertz CT molecular complexity index is 990. The van der Waals surface area contributed by atoms with Crippen LogP contribution >= 0.6 is 0 Å². The molecule has 1 aliphatic rings. The molecule has 1 fully saturated rings. The van der Waals surface area contributed by atoms with Gasteiger partial charge < -0.3 is 19.5 Å². The van der Waals surface area contributed by atoms with Gasteiger partial charge in [-0.1, -0.05) is 0 Å². The SMILES string of the molecule is COC(=O)C[C@@H]1C[C@@H](COc2ccc(-c3ccc(C(=N)NC(=O)OC)cn3)cc2)NC1=O. The lowest BCUT2D eigenvalue weighted by Gasteiger charge is -2.12. The predicted molar refractivity (Wildman–Crippen MR) is 114 cm³/mol. The van der Waals surface area contributed by atoms with Gasteiger partial charge in [0.05, 0.1) is 38.3 Å². The quantitative estimate of drug-likeness (QED) is 0.339. The molecule has 3 rings (SSSR count). The van der Waals surface area contributed by atoms with Crippen LogP contribution in [0, 0.1) is 11.3 Å². The maximum absolute atomic E-state index is 12.0. The topological polar surface area (TPSA) is 140 Å². The van der Waals surface area contributed by atoms with Crippen molar-refractivity contribution < 1.29 is 28.6 Å². The highest BCUT2D eigenvalue weighted by atomic mass is 16.5. The van der Waals surface area contributed by atoms with Crippen LogP contribution in [0.3, 0.4) is 0 Å². The van der Waals surface area contributed by atoms with E-state index in [1.54, 1.807) is 24.3 Å². The molecule has 0 unspecified atom stereocenters. The van der Waals surface area contributed by atoms with Gasteiger partial charge in [0.25, 0.3) is 0 Å². The highest BCUT2D eigenvalue weighted by molar-refractivity contribution is 6.04. The molecule has 1 saturated heterocycles. The van der Waals surface area contributed by atoms with Gasteiger partial charge in [-0.15, -0.1) is 0 Å². The second kappa shape index (κ2) is 10.4. The number of alkyl carbamates (subject to hydrolysis) is 1. The molecular weight excluding hydrogens is 416 g/mol. The number of hydrogen-bond acceptors (Lipinski definition) is 8. The van der Waals surface area contributed by atoms with Gasteiger partial charge in [0, 0.05) is 17.3 Å². The third-order valence-electron chi connectivity index (χ3n) is 4.99. The largest absolute Gasteiger partial charge is 0.491 e. The first kappa shape index (κ1) is 22.7. The molecule has 0 bridgehead atoms. The van der Waals surface area contributed by atoms with E-state index in [1.165, 1.54) is 20.4 Å². The van der Waals surface area contributed by atoms with E-state index in [0.29, 0.717) is 30.0 Å². The van der Waals surface area contributed by atoms with Gasteiger partial charge in [-0.3, -0.25) is 25.3 Å². The summed E-state index contributed by atoms with van der Waals surface area (Å²) >= 11 is 0. The van der Waals surface area contributed by atoms with E-state index in [4.69, 9.17) is 10.1 Å². The fraction of sp³-hybridized carbons (Fsp3) is 0.318. The molecule has 10 heteroatoms. The van der Waals surface area contributed by atoms with Crippen molar-refractivity contribution in [1.82, 2.24) is 15.6 Å². The molecule has 0 saturated carbocycles. The molecule has 2 amide bonds. The minimum Gasteiger partial charge on any atom is -0.491 e. The zero-order chi connectivity index (χ0) is 23.1. The highest BCUT2D eigenvalue weighted by Gasteiger charge is 2.34. The second-order valence-corrected chi connectivity index (χ2v) is 7.18. The molecule has 10 nitrogen and oxygen atoms in total. The van der Waals surface area contributed by atoms with Crippen LogP contribution in [0.5, 0.6) is 5.75 Å². The Morgan fingerprint density at radius 2 is 1.91 bits per heavy atom. The molecule has 2 atom stereocenters. The van der Waals surface area contributed by atoms with Crippen LogP contribution in [0.2, 0.25) is 0 Å². The lowest BCUT2D eigenvalue weighted by atomic mass is 10.0. The number of rotatable bonds is 7. The average Bonchev–Trinajstić information content (AvgIpc) is 3.16. The van der Waals surface area contributed by atoms with Crippen LogP contribution in [0.25, 0.3) is 11.3 Å². The summed E-state index contributed by atoms with van der Waals surface area (Å²) < 4.78 is 14.9. The van der Waals surface area contributed by atoms with Crippen molar-refractivity contribution in [2.24, 2.45) is 5.92 Å². The molecule has 168 valence electrons. The maximum atomic E-state index is 12.0. The summed E-state index contributed by atoms with van der Waals surface area (Å²) in [7, 11) is 2.53. The lowest BCUT2D eigenvalue weighted by molar-refractivity contribution is -0.143. The minimum absolute atomic E-state index is 0.0670. The Labute approximate surface area is 184 Å². The molecule has 1 aliphatic heterocycles. The van der Waals surface area contributed by atoms with Crippen molar-refractivity contribution in [3.05, 3.63) is 48.2 Å². The van der Waals surface area contributed by atoms with Crippen molar-refractivity contribution in [3.63, 3.8) is 0 Å². The Morgan fingerprint density at radius 1 is 1.16 bits per heavy atom. The van der Waals surface area contributed by atoms with Gasteiger partial charge >= 0.3 is 12.1 Å². The number of methoxy groups -OCH3 is 2. The Hall–Kier alpha value is -3.95. The third-order valence-corrected chi connectivity index (χ3v) is 4.99. The van der Waals surface area contributed by atoms with Crippen LogP contribution in [0.4, 0.5) is 4.79 Å². The summed E-state index contributed by atoms with van der Waals surface area (Å²) in [6, 6.07) is 10.6. The Kier molecular flexibility index (Phi) is 7.37. The number of ether oxygens (including phenoxy) is 3. The Balaban J connectivity index is 1.53. The highest BCUT2D eigenvalue weighted by Crippen LogP contribution is 2.23. The minimum atomic E-state index is -0.717. The second-order valence-electron chi connectivity index (χ2n) is 7.18. The fourth-order valence-corrected chi connectivity index (χ4v) is 3.26. The van der Waals surface area contributed by atoms with Gasteiger partial charge in [0.15, 0.2) is 0 Å². The fourth-order valence-electron chi connectivity index (χ4n) is 3.26. The van der Waals surface area contributed by atoms with Crippen molar-refractivity contribution in [3.8, 4) is 17.0 Å². The zero-order valence-electron chi connectivity index (χ0n) is 17.7. The number of nitrogens with zero attached hydrogens (tertiary/aromatic N) is 1. The van der Waals surface area contributed by atoms with Gasteiger partial charge in [-0.25, -0.2) is 4.79 Å². The number of amidine groups is 1. The Morgan fingerprint density at radius 3 is 2.53 bits per heavy atom. The van der Waals surface area contributed by atoms with E-state index in [0.717, 1.165) is 5.56 Å². The number of carbonyl (C=O) groups is 3. The first-order valence-electron chi connectivity index (χ1n) is 9.90. The number of nitrogens with one attached hydrogen (secondary N) is 3.